The Labute approximate surface area is 114 Å². The monoisotopic (exact) mass is 254 g/mol. The third-order valence-corrected chi connectivity index (χ3v) is 4.11. The molecule has 3 heteroatoms. The second-order valence-electron chi connectivity index (χ2n) is 5.26. The number of nitrogens with zero attached hydrogens (tertiary/aromatic N) is 1. The molecule has 0 spiro atoms. The van der Waals surface area contributed by atoms with E-state index in [0.717, 1.165) is 32.4 Å². The Balaban J connectivity index is 1.75. The highest BCUT2D eigenvalue weighted by Crippen LogP contribution is 2.21. The Morgan fingerprint density at radius 2 is 2.16 bits per heavy atom. The molecule has 0 saturated carbocycles. The third-order valence-electron chi connectivity index (χ3n) is 4.11. The van der Waals surface area contributed by atoms with Gasteiger partial charge in [0.1, 0.15) is 0 Å². The average molecular weight is 254 g/mol. The standard InChI is InChI=1S/C16H18N2O/c1-2-14-8-5-9-18(14)16(19)15-10-12-6-3-4-7-13(12)11-17-15/h1,3-4,6-7,14-15,17H,5,8-11H2/t14?,15-/m0/s1. The van der Waals surface area contributed by atoms with Crippen molar-refractivity contribution in [2.75, 3.05) is 6.54 Å². The summed E-state index contributed by atoms with van der Waals surface area (Å²) in [6.45, 7) is 1.56. The molecule has 0 radical (unpaired) electrons. The fraction of sp³-hybridized carbons (Fsp3) is 0.438. The number of nitrogens with one attached hydrogen (secondary N) is 1. The average Bonchev–Trinajstić information content (AvgIpc) is 2.94. The minimum atomic E-state index is -0.121. The summed E-state index contributed by atoms with van der Waals surface area (Å²) in [6, 6.07) is 8.17. The lowest BCUT2D eigenvalue weighted by molar-refractivity contribution is -0.133. The van der Waals surface area contributed by atoms with Gasteiger partial charge in [0.25, 0.3) is 0 Å². The van der Waals surface area contributed by atoms with E-state index in [-0.39, 0.29) is 18.0 Å². The molecule has 3 rings (SSSR count). The van der Waals surface area contributed by atoms with Gasteiger partial charge >= 0.3 is 0 Å². The van der Waals surface area contributed by atoms with Crippen LogP contribution in [0.5, 0.6) is 0 Å². The lowest BCUT2D eigenvalue weighted by Gasteiger charge is -2.30. The largest absolute Gasteiger partial charge is 0.327 e. The highest BCUT2D eigenvalue weighted by atomic mass is 16.2. The molecule has 19 heavy (non-hydrogen) atoms. The molecular weight excluding hydrogens is 236 g/mol. The van der Waals surface area contributed by atoms with Gasteiger partial charge in [0.2, 0.25) is 5.91 Å². The van der Waals surface area contributed by atoms with Gasteiger partial charge in [-0.3, -0.25) is 4.79 Å². The van der Waals surface area contributed by atoms with Crippen LogP contribution in [0.3, 0.4) is 0 Å². The van der Waals surface area contributed by atoms with E-state index in [4.69, 9.17) is 6.42 Å². The van der Waals surface area contributed by atoms with Crippen molar-refractivity contribution < 1.29 is 4.79 Å². The number of fused-ring (bicyclic) bond motifs is 1. The van der Waals surface area contributed by atoms with E-state index in [0.29, 0.717) is 0 Å². The number of benzene rings is 1. The molecule has 1 fully saturated rings. The fourth-order valence-corrected chi connectivity index (χ4v) is 3.03. The molecule has 1 saturated heterocycles. The van der Waals surface area contributed by atoms with Crippen LogP contribution in [0.4, 0.5) is 0 Å². The van der Waals surface area contributed by atoms with E-state index >= 15 is 0 Å². The fourth-order valence-electron chi connectivity index (χ4n) is 3.03. The number of hydrogen-bond acceptors (Lipinski definition) is 2. The van der Waals surface area contributed by atoms with Crippen LogP contribution in [0, 0.1) is 12.3 Å². The Hall–Kier alpha value is -1.79. The first-order valence-corrected chi connectivity index (χ1v) is 6.86. The van der Waals surface area contributed by atoms with Gasteiger partial charge in [0.05, 0.1) is 12.1 Å². The lowest BCUT2D eigenvalue weighted by Crippen LogP contribution is -2.50. The van der Waals surface area contributed by atoms with Crippen LogP contribution in [0.15, 0.2) is 24.3 Å². The minimum Gasteiger partial charge on any atom is -0.327 e. The quantitative estimate of drug-likeness (QED) is 0.767. The van der Waals surface area contributed by atoms with Gasteiger partial charge < -0.3 is 10.2 Å². The molecule has 3 nitrogen and oxygen atoms in total. The smallest absolute Gasteiger partial charge is 0.241 e. The van der Waals surface area contributed by atoms with Crippen molar-refractivity contribution in [1.82, 2.24) is 10.2 Å². The highest BCUT2D eigenvalue weighted by Gasteiger charge is 2.33. The summed E-state index contributed by atoms with van der Waals surface area (Å²) in [6.07, 6.45) is 8.22. The van der Waals surface area contributed by atoms with Crippen LogP contribution in [0.2, 0.25) is 0 Å². The molecule has 98 valence electrons. The summed E-state index contributed by atoms with van der Waals surface area (Å²) in [5, 5.41) is 3.34. The molecule has 0 bridgehead atoms. The summed E-state index contributed by atoms with van der Waals surface area (Å²) in [5.41, 5.74) is 2.57. The van der Waals surface area contributed by atoms with Gasteiger partial charge in [-0.15, -0.1) is 6.42 Å². The molecule has 2 heterocycles. The van der Waals surface area contributed by atoms with Crippen molar-refractivity contribution in [3.05, 3.63) is 35.4 Å². The molecule has 2 aliphatic heterocycles. The number of amides is 1. The van der Waals surface area contributed by atoms with Crippen molar-refractivity contribution in [2.45, 2.75) is 37.9 Å². The number of carbonyl (C=O) groups is 1. The van der Waals surface area contributed by atoms with Crippen molar-refractivity contribution in [3.63, 3.8) is 0 Å². The zero-order valence-corrected chi connectivity index (χ0v) is 10.9. The first kappa shape index (κ1) is 12.3. The van der Waals surface area contributed by atoms with Crippen molar-refractivity contribution >= 4 is 5.91 Å². The van der Waals surface area contributed by atoms with E-state index in [1.807, 2.05) is 17.0 Å². The van der Waals surface area contributed by atoms with Crippen LogP contribution in [-0.2, 0) is 17.8 Å². The summed E-state index contributed by atoms with van der Waals surface area (Å²) in [7, 11) is 0. The van der Waals surface area contributed by atoms with Crippen LogP contribution < -0.4 is 5.32 Å². The molecule has 0 aliphatic carbocycles. The van der Waals surface area contributed by atoms with Crippen molar-refractivity contribution in [2.24, 2.45) is 0 Å². The molecule has 1 N–H and O–H groups in total. The van der Waals surface area contributed by atoms with E-state index < -0.39 is 0 Å². The molecule has 2 atom stereocenters. The Morgan fingerprint density at radius 1 is 1.37 bits per heavy atom. The molecule has 1 aromatic rings. The number of hydrogen-bond donors (Lipinski definition) is 1. The third kappa shape index (κ3) is 2.24. The number of terminal acetylenes is 1. The molecule has 1 unspecified atom stereocenters. The molecule has 1 aromatic carbocycles. The van der Waals surface area contributed by atoms with Crippen molar-refractivity contribution in [1.29, 1.82) is 0 Å². The van der Waals surface area contributed by atoms with E-state index in [1.165, 1.54) is 11.1 Å². The first-order chi connectivity index (χ1) is 9.29. The summed E-state index contributed by atoms with van der Waals surface area (Å²) < 4.78 is 0. The number of carbonyl (C=O) groups excluding carboxylic acids is 1. The summed E-state index contributed by atoms with van der Waals surface area (Å²) in [5.74, 6) is 2.89. The normalized spacial score (nSPS) is 25.7. The zero-order chi connectivity index (χ0) is 13.2. The SMILES string of the molecule is C#CC1CCCN1C(=O)[C@@H]1Cc2ccccc2CN1. The molecule has 1 amide bonds. The Morgan fingerprint density at radius 3 is 2.95 bits per heavy atom. The maximum atomic E-state index is 12.5. The maximum absolute atomic E-state index is 12.5. The van der Waals surface area contributed by atoms with Gasteiger partial charge in [0, 0.05) is 13.1 Å². The van der Waals surface area contributed by atoms with Crippen LogP contribution in [0.25, 0.3) is 0 Å². The predicted molar refractivity (Wildman–Crippen MR) is 74.3 cm³/mol. The summed E-state index contributed by atoms with van der Waals surface area (Å²) in [4.78, 5) is 14.4. The van der Waals surface area contributed by atoms with E-state index in [1.54, 1.807) is 0 Å². The second kappa shape index (κ2) is 5.07. The van der Waals surface area contributed by atoms with Crippen LogP contribution >= 0.6 is 0 Å². The first-order valence-electron chi connectivity index (χ1n) is 6.86. The molecular formula is C16H18N2O. The lowest BCUT2D eigenvalue weighted by atomic mass is 9.95. The van der Waals surface area contributed by atoms with Crippen molar-refractivity contribution in [3.8, 4) is 12.3 Å². The Bertz CT molecular complexity index is 532. The molecule has 2 aliphatic rings. The van der Waals surface area contributed by atoms with Gasteiger partial charge in [0.15, 0.2) is 0 Å². The summed E-state index contributed by atoms with van der Waals surface area (Å²) >= 11 is 0. The van der Waals surface area contributed by atoms with E-state index in [2.05, 4.69) is 23.4 Å². The number of rotatable bonds is 1. The minimum absolute atomic E-state index is 0.00790. The molecule has 0 aromatic heterocycles. The van der Waals surface area contributed by atoms with Crippen LogP contribution in [0.1, 0.15) is 24.0 Å². The number of likely N-dealkylation sites (tertiary alicyclic amines) is 1. The van der Waals surface area contributed by atoms with Gasteiger partial charge in [-0.1, -0.05) is 30.2 Å². The predicted octanol–water partition coefficient (Wildman–Crippen LogP) is 1.33. The highest BCUT2D eigenvalue weighted by molar-refractivity contribution is 5.83. The van der Waals surface area contributed by atoms with E-state index in [9.17, 15) is 4.79 Å². The van der Waals surface area contributed by atoms with Gasteiger partial charge in [-0.2, -0.15) is 0 Å². The van der Waals surface area contributed by atoms with Gasteiger partial charge in [-0.05, 0) is 30.4 Å². The van der Waals surface area contributed by atoms with Crippen LogP contribution in [-0.4, -0.2) is 29.4 Å². The maximum Gasteiger partial charge on any atom is 0.241 e. The van der Waals surface area contributed by atoms with Gasteiger partial charge in [-0.25, -0.2) is 0 Å². The zero-order valence-electron chi connectivity index (χ0n) is 10.9. The second-order valence-corrected chi connectivity index (χ2v) is 5.26. The Kier molecular flexibility index (Phi) is 3.27. The topological polar surface area (TPSA) is 32.3 Å².